The van der Waals surface area contributed by atoms with Crippen LogP contribution in [0, 0.1) is 0 Å². The highest BCUT2D eigenvalue weighted by Crippen LogP contribution is 2.38. The fourth-order valence-corrected chi connectivity index (χ4v) is 2.72. The number of amides is 1. The third-order valence-corrected chi connectivity index (χ3v) is 3.40. The molecule has 2 fully saturated rings. The molecule has 2 bridgehead atoms. The monoisotopic (exact) mass is 245 g/mol. The number of nitrogens with zero attached hydrogens (tertiary/aromatic N) is 1. The molecular formula is C12H20FNO3. The van der Waals surface area contributed by atoms with Crippen LogP contribution in [0.15, 0.2) is 0 Å². The van der Waals surface area contributed by atoms with Gasteiger partial charge in [-0.3, -0.25) is 4.90 Å². The number of aliphatic hydroxyl groups excluding tert-OH is 1. The van der Waals surface area contributed by atoms with Crippen LogP contribution in [0.3, 0.4) is 0 Å². The third kappa shape index (κ3) is 2.39. The minimum absolute atomic E-state index is 0.0724. The van der Waals surface area contributed by atoms with Gasteiger partial charge in [-0.05, 0) is 40.0 Å². The molecule has 1 N–H and O–H groups in total. The normalized spacial score (nSPS) is 37.1. The van der Waals surface area contributed by atoms with E-state index in [0.29, 0.717) is 12.8 Å². The molecule has 2 heterocycles. The second-order valence-electron chi connectivity index (χ2n) is 5.93. The van der Waals surface area contributed by atoms with E-state index in [2.05, 4.69) is 0 Å². The molecule has 4 atom stereocenters. The predicted octanol–water partition coefficient (Wildman–Crippen LogP) is 1.86. The molecule has 2 saturated heterocycles. The molecule has 1 amide bonds. The summed E-state index contributed by atoms with van der Waals surface area (Å²) in [7, 11) is 0. The van der Waals surface area contributed by atoms with Crippen molar-refractivity contribution in [3.05, 3.63) is 0 Å². The molecule has 0 aliphatic carbocycles. The second kappa shape index (κ2) is 4.12. The van der Waals surface area contributed by atoms with Gasteiger partial charge >= 0.3 is 6.09 Å². The predicted molar refractivity (Wildman–Crippen MR) is 60.4 cm³/mol. The molecule has 0 spiro atoms. The van der Waals surface area contributed by atoms with Crippen LogP contribution in [0.1, 0.15) is 40.0 Å². The van der Waals surface area contributed by atoms with Crippen LogP contribution in [0.25, 0.3) is 0 Å². The van der Waals surface area contributed by atoms with Crippen LogP contribution in [0.5, 0.6) is 0 Å². The first-order valence-corrected chi connectivity index (χ1v) is 6.13. The Labute approximate surface area is 101 Å². The highest BCUT2D eigenvalue weighted by molar-refractivity contribution is 5.69. The number of aliphatic hydroxyl groups is 1. The first kappa shape index (κ1) is 12.6. The van der Waals surface area contributed by atoms with E-state index in [0.717, 1.165) is 6.42 Å². The summed E-state index contributed by atoms with van der Waals surface area (Å²) in [5, 5.41) is 9.54. The van der Waals surface area contributed by atoms with Gasteiger partial charge in [0.05, 0.1) is 12.1 Å². The van der Waals surface area contributed by atoms with Crippen LogP contribution in [-0.2, 0) is 4.74 Å². The van der Waals surface area contributed by atoms with Crippen molar-refractivity contribution in [3.63, 3.8) is 0 Å². The average molecular weight is 245 g/mol. The van der Waals surface area contributed by atoms with Gasteiger partial charge in [-0.2, -0.15) is 0 Å². The van der Waals surface area contributed by atoms with Gasteiger partial charge in [-0.25, -0.2) is 9.18 Å². The highest BCUT2D eigenvalue weighted by atomic mass is 19.1. The Morgan fingerprint density at radius 2 is 2.06 bits per heavy atom. The number of halogens is 1. The van der Waals surface area contributed by atoms with E-state index in [-0.39, 0.29) is 6.04 Å². The van der Waals surface area contributed by atoms with Crippen molar-refractivity contribution in [1.82, 2.24) is 4.90 Å². The first-order valence-electron chi connectivity index (χ1n) is 6.13. The number of hydrogen-bond acceptors (Lipinski definition) is 3. The number of hydrogen-bond donors (Lipinski definition) is 1. The lowest BCUT2D eigenvalue weighted by atomic mass is 9.98. The molecule has 5 heteroatoms. The molecule has 98 valence electrons. The number of ether oxygens (including phenoxy) is 1. The number of rotatable bonds is 0. The number of fused-ring (bicyclic) bond motifs is 2. The van der Waals surface area contributed by atoms with Crippen LogP contribution < -0.4 is 0 Å². The Hall–Kier alpha value is -0.840. The number of carbonyl (C=O) groups is 1. The molecule has 2 unspecified atom stereocenters. The molecule has 17 heavy (non-hydrogen) atoms. The lowest BCUT2D eigenvalue weighted by molar-refractivity contribution is -0.0478. The maximum atomic E-state index is 13.8. The van der Waals surface area contributed by atoms with Gasteiger partial charge in [0.2, 0.25) is 0 Å². The maximum absolute atomic E-state index is 13.8. The zero-order valence-corrected chi connectivity index (χ0v) is 10.5. The quantitative estimate of drug-likeness (QED) is 0.708. The van der Waals surface area contributed by atoms with Crippen molar-refractivity contribution < 1.29 is 19.0 Å². The third-order valence-electron chi connectivity index (χ3n) is 3.40. The van der Waals surface area contributed by atoms with Crippen LogP contribution >= 0.6 is 0 Å². The number of carbonyl (C=O) groups excluding carboxylic acids is 1. The topological polar surface area (TPSA) is 49.8 Å². The smallest absolute Gasteiger partial charge is 0.410 e. The molecule has 2 aliphatic rings. The van der Waals surface area contributed by atoms with Crippen molar-refractivity contribution >= 4 is 6.09 Å². The largest absolute Gasteiger partial charge is 0.444 e. The fraction of sp³-hybridized carbons (Fsp3) is 0.917. The maximum Gasteiger partial charge on any atom is 0.410 e. The van der Waals surface area contributed by atoms with Gasteiger partial charge in [-0.15, -0.1) is 0 Å². The lowest BCUT2D eigenvalue weighted by Crippen LogP contribution is -2.55. The average Bonchev–Trinajstić information content (AvgIpc) is 2.51. The van der Waals surface area contributed by atoms with Crippen LogP contribution in [-0.4, -0.2) is 46.1 Å². The molecule has 0 aromatic heterocycles. The number of alkyl halides is 1. The van der Waals surface area contributed by atoms with E-state index in [9.17, 15) is 14.3 Å². The standard InChI is InChI=1S/C12H20FNO3/c1-12(2,3)17-11(16)14-7-4-5-8(14)10(13)9(15)6-7/h7-10,15H,4-6H2,1-3H3/t7?,8?,9-,10-/m1/s1. The van der Waals surface area contributed by atoms with E-state index in [1.807, 2.05) is 0 Å². The highest BCUT2D eigenvalue weighted by Gasteiger charge is 2.50. The Morgan fingerprint density at radius 1 is 1.41 bits per heavy atom. The Bertz CT molecular complexity index is 315. The summed E-state index contributed by atoms with van der Waals surface area (Å²) in [5.41, 5.74) is -0.571. The molecule has 2 aliphatic heterocycles. The van der Waals surface area contributed by atoms with E-state index >= 15 is 0 Å². The van der Waals surface area contributed by atoms with Gasteiger partial charge in [0.1, 0.15) is 11.8 Å². The fourth-order valence-electron chi connectivity index (χ4n) is 2.72. The minimum Gasteiger partial charge on any atom is -0.444 e. The molecule has 0 aromatic rings. The van der Waals surface area contributed by atoms with Crippen molar-refractivity contribution in [2.75, 3.05) is 0 Å². The summed E-state index contributed by atoms with van der Waals surface area (Å²) >= 11 is 0. The molecular weight excluding hydrogens is 225 g/mol. The van der Waals surface area contributed by atoms with Gasteiger partial charge in [0.25, 0.3) is 0 Å². The van der Waals surface area contributed by atoms with E-state index in [1.165, 1.54) is 4.90 Å². The Balaban J connectivity index is 2.10. The van der Waals surface area contributed by atoms with Crippen molar-refractivity contribution in [1.29, 1.82) is 0 Å². The molecule has 2 rings (SSSR count). The zero-order chi connectivity index (χ0) is 12.8. The summed E-state index contributed by atoms with van der Waals surface area (Å²) < 4.78 is 19.1. The Morgan fingerprint density at radius 3 is 2.65 bits per heavy atom. The van der Waals surface area contributed by atoms with Crippen LogP contribution in [0.4, 0.5) is 9.18 Å². The van der Waals surface area contributed by atoms with Gasteiger partial charge in [-0.1, -0.05) is 0 Å². The first-order chi connectivity index (χ1) is 7.79. The van der Waals surface area contributed by atoms with Gasteiger partial charge in [0.15, 0.2) is 0 Å². The number of piperidine rings is 1. The molecule has 4 nitrogen and oxygen atoms in total. The molecule has 0 aromatic carbocycles. The summed E-state index contributed by atoms with van der Waals surface area (Å²) in [6.45, 7) is 5.37. The summed E-state index contributed by atoms with van der Waals surface area (Å²) in [6, 6.07) is -0.588. The Kier molecular flexibility index (Phi) is 3.06. The van der Waals surface area contributed by atoms with Crippen molar-refractivity contribution in [2.45, 2.75) is 70.0 Å². The molecule has 0 radical (unpaired) electrons. The van der Waals surface area contributed by atoms with Crippen molar-refractivity contribution in [2.24, 2.45) is 0 Å². The minimum atomic E-state index is -1.35. The van der Waals surface area contributed by atoms with E-state index < -0.39 is 30.0 Å². The summed E-state index contributed by atoms with van der Waals surface area (Å²) in [4.78, 5) is 13.5. The SMILES string of the molecule is CC(C)(C)OC(=O)N1C2CCC1[C@@H](F)[C@H](O)C2. The summed E-state index contributed by atoms with van der Waals surface area (Å²) in [6.07, 6.45) is -1.06. The second-order valence-corrected chi connectivity index (χ2v) is 5.93. The van der Waals surface area contributed by atoms with Crippen molar-refractivity contribution in [3.8, 4) is 0 Å². The zero-order valence-electron chi connectivity index (χ0n) is 10.5. The van der Waals surface area contributed by atoms with Crippen LogP contribution in [0.2, 0.25) is 0 Å². The van der Waals surface area contributed by atoms with E-state index in [1.54, 1.807) is 20.8 Å². The summed E-state index contributed by atoms with van der Waals surface area (Å²) in [5.74, 6) is 0. The van der Waals surface area contributed by atoms with Gasteiger partial charge < -0.3 is 9.84 Å². The molecule has 0 saturated carbocycles. The van der Waals surface area contributed by atoms with Gasteiger partial charge in [0, 0.05) is 6.04 Å². The van der Waals surface area contributed by atoms with E-state index in [4.69, 9.17) is 4.74 Å². The lowest BCUT2D eigenvalue weighted by Gasteiger charge is -2.39.